The molecule has 1 N–H and O–H groups in total. The molecular formula is C12H11N5O2. The van der Waals surface area contributed by atoms with Crippen molar-refractivity contribution in [3.05, 3.63) is 38.2 Å². The van der Waals surface area contributed by atoms with E-state index in [-0.39, 0.29) is 11.5 Å². The summed E-state index contributed by atoms with van der Waals surface area (Å²) in [5.74, 6) is 0.256. The van der Waals surface area contributed by atoms with Crippen LogP contribution in [0.15, 0.2) is 15.7 Å². The number of aryl methyl sites for hydroxylation is 3. The van der Waals surface area contributed by atoms with Crippen LogP contribution >= 0.6 is 0 Å². The molecular weight excluding hydrogens is 246 g/mol. The van der Waals surface area contributed by atoms with Crippen molar-refractivity contribution < 1.29 is 0 Å². The van der Waals surface area contributed by atoms with Crippen molar-refractivity contribution >= 4 is 11.2 Å². The summed E-state index contributed by atoms with van der Waals surface area (Å²) in [7, 11) is 1.73. The highest BCUT2D eigenvalue weighted by atomic mass is 16.2. The molecule has 2 aliphatic heterocycles. The van der Waals surface area contributed by atoms with Crippen molar-refractivity contribution in [3.8, 4) is 11.5 Å². The van der Waals surface area contributed by atoms with Crippen LogP contribution in [-0.2, 0) is 7.05 Å². The predicted molar refractivity (Wildman–Crippen MR) is 69.3 cm³/mol. The highest BCUT2D eigenvalue weighted by molar-refractivity contribution is 5.76. The van der Waals surface area contributed by atoms with Crippen molar-refractivity contribution in [2.24, 2.45) is 7.05 Å². The van der Waals surface area contributed by atoms with E-state index in [0.717, 1.165) is 16.8 Å². The third-order valence-electron chi connectivity index (χ3n) is 3.18. The number of H-pyrrole nitrogens is 1. The minimum absolute atomic E-state index is 0.116. The largest absolute Gasteiger partial charge is 0.349 e. The molecule has 0 radical (unpaired) electrons. The van der Waals surface area contributed by atoms with Crippen LogP contribution in [0.3, 0.4) is 0 Å². The Kier molecular flexibility index (Phi) is 2.25. The molecule has 0 spiro atoms. The molecule has 0 bridgehead atoms. The van der Waals surface area contributed by atoms with Crippen LogP contribution in [0, 0.1) is 13.8 Å². The Morgan fingerprint density at radius 2 is 1.89 bits per heavy atom. The van der Waals surface area contributed by atoms with Gasteiger partial charge >= 0.3 is 5.69 Å². The third kappa shape index (κ3) is 1.62. The van der Waals surface area contributed by atoms with Gasteiger partial charge in [-0.05, 0) is 25.5 Å². The molecule has 2 aliphatic rings. The van der Waals surface area contributed by atoms with Crippen LogP contribution in [0.1, 0.15) is 11.3 Å². The monoisotopic (exact) mass is 257 g/mol. The minimum atomic E-state index is -0.675. The molecule has 96 valence electrons. The molecule has 3 rings (SSSR count). The van der Waals surface area contributed by atoms with Crippen LogP contribution in [-0.4, -0.2) is 24.5 Å². The molecule has 3 heterocycles. The molecule has 0 saturated heterocycles. The number of fused-ring (bicyclic) bond motifs is 2. The Morgan fingerprint density at radius 1 is 1.16 bits per heavy atom. The molecule has 19 heavy (non-hydrogen) atoms. The van der Waals surface area contributed by atoms with Crippen LogP contribution in [0.4, 0.5) is 0 Å². The Labute approximate surface area is 107 Å². The fourth-order valence-corrected chi connectivity index (χ4v) is 2.00. The van der Waals surface area contributed by atoms with Gasteiger partial charge in [-0.3, -0.25) is 9.78 Å². The van der Waals surface area contributed by atoms with Crippen LogP contribution < -0.4 is 11.2 Å². The first kappa shape index (κ1) is 11.5. The van der Waals surface area contributed by atoms with Crippen molar-refractivity contribution in [1.29, 1.82) is 0 Å². The van der Waals surface area contributed by atoms with Crippen molar-refractivity contribution in [3.63, 3.8) is 0 Å². The number of aromatic nitrogens is 5. The second-order valence-electron chi connectivity index (χ2n) is 4.45. The number of aromatic amines is 1. The Morgan fingerprint density at radius 3 is 2.63 bits per heavy atom. The summed E-state index contributed by atoms with van der Waals surface area (Å²) in [4.78, 5) is 37.5. The van der Waals surface area contributed by atoms with E-state index < -0.39 is 11.2 Å². The molecule has 1 aromatic rings. The standard InChI is InChI=1S/C12H11N5O2/c1-5-4-7-9(13-6(5)2)14-8-10(17(7)3)15-12(19)16-11(8)18/h4H,1-3H3,(H,16,18,19). The van der Waals surface area contributed by atoms with Gasteiger partial charge in [0.25, 0.3) is 5.56 Å². The zero-order chi connectivity index (χ0) is 13.7. The van der Waals surface area contributed by atoms with Gasteiger partial charge in [-0.2, -0.15) is 4.98 Å². The molecule has 0 amide bonds. The minimum Gasteiger partial charge on any atom is -0.324 e. The maximum Gasteiger partial charge on any atom is 0.349 e. The first-order chi connectivity index (χ1) is 8.97. The number of pyridine rings is 1. The lowest BCUT2D eigenvalue weighted by Gasteiger charge is -2.12. The second kappa shape index (κ2) is 3.71. The van der Waals surface area contributed by atoms with E-state index in [1.54, 1.807) is 11.6 Å². The Balaban J connectivity index is 2.60. The molecule has 7 nitrogen and oxygen atoms in total. The summed E-state index contributed by atoms with van der Waals surface area (Å²) in [6.45, 7) is 3.82. The molecule has 1 aromatic heterocycles. The first-order valence-corrected chi connectivity index (χ1v) is 5.72. The number of rotatable bonds is 0. The van der Waals surface area contributed by atoms with E-state index in [0.29, 0.717) is 5.65 Å². The molecule has 0 aliphatic carbocycles. The normalized spacial score (nSPS) is 11.3. The van der Waals surface area contributed by atoms with Gasteiger partial charge in [-0.1, -0.05) is 0 Å². The van der Waals surface area contributed by atoms with Gasteiger partial charge in [-0.25, -0.2) is 14.8 Å². The summed E-state index contributed by atoms with van der Waals surface area (Å²) >= 11 is 0. The Hall–Kier alpha value is -2.57. The van der Waals surface area contributed by atoms with Crippen LogP contribution in [0.5, 0.6) is 0 Å². The molecule has 0 aromatic carbocycles. The second-order valence-corrected chi connectivity index (χ2v) is 4.45. The molecule has 0 fully saturated rings. The van der Waals surface area contributed by atoms with E-state index in [9.17, 15) is 9.59 Å². The van der Waals surface area contributed by atoms with Crippen molar-refractivity contribution in [2.75, 3.05) is 0 Å². The summed E-state index contributed by atoms with van der Waals surface area (Å²) in [5.41, 5.74) is 1.95. The topological polar surface area (TPSA) is 93.5 Å². The van der Waals surface area contributed by atoms with E-state index in [1.807, 2.05) is 19.9 Å². The average molecular weight is 257 g/mol. The molecule has 0 saturated carbocycles. The lowest BCUT2D eigenvalue weighted by Crippen LogP contribution is -2.28. The number of nitrogens with one attached hydrogen (secondary N) is 1. The van der Waals surface area contributed by atoms with E-state index in [4.69, 9.17) is 0 Å². The number of hydrogen-bond acceptors (Lipinski definition) is 5. The fourth-order valence-electron chi connectivity index (χ4n) is 2.00. The van der Waals surface area contributed by atoms with Gasteiger partial charge < -0.3 is 4.57 Å². The summed E-state index contributed by atoms with van der Waals surface area (Å²) in [5, 5.41) is 0. The van der Waals surface area contributed by atoms with Gasteiger partial charge in [0, 0.05) is 12.7 Å². The Bertz CT molecular complexity index is 893. The van der Waals surface area contributed by atoms with Gasteiger partial charge in [0.1, 0.15) is 0 Å². The molecule has 0 atom stereocenters. The van der Waals surface area contributed by atoms with Gasteiger partial charge in [0.05, 0.1) is 5.52 Å². The van der Waals surface area contributed by atoms with E-state index >= 15 is 0 Å². The maximum atomic E-state index is 11.7. The van der Waals surface area contributed by atoms with E-state index in [1.165, 1.54) is 0 Å². The summed E-state index contributed by atoms with van der Waals surface area (Å²) < 4.78 is 1.66. The average Bonchev–Trinajstić information content (AvgIpc) is 2.34. The molecule has 0 unspecified atom stereocenters. The quantitative estimate of drug-likeness (QED) is 0.578. The third-order valence-corrected chi connectivity index (χ3v) is 3.18. The zero-order valence-electron chi connectivity index (χ0n) is 10.7. The van der Waals surface area contributed by atoms with Gasteiger partial charge in [-0.15, -0.1) is 0 Å². The van der Waals surface area contributed by atoms with Crippen LogP contribution in [0.25, 0.3) is 22.7 Å². The highest BCUT2D eigenvalue weighted by Gasteiger charge is 2.17. The van der Waals surface area contributed by atoms with E-state index in [2.05, 4.69) is 19.9 Å². The summed E-state index contributed by atoms with van der Waals surface area (Å²) in [6, 6.07) is 1.91. The summed E-state index contributed by atoms with van der Waals surface area (Å²) in [6.07, 6.45) is 0. The van der Waals surface area contributed by atoms with Gasteiger partial charge in [0.2, 0.25) is 0 Å². The fraction of sp³-hybridized carbons (Fsp3) is 0.250. The predicted octanol–water partition coefficient (Wildman–Crippen LogP) is 0.133. The first-order valence-electron chi connectivity index (χ1n) is 5.72. The lowest BCUT2D eigenvalue weighted by molar-refractivity contribution is 0.864. The smallest absolute Gasteiger partial charge is 0.324 e. The van der Waals surface area contributed by atoms with Crippen molar-refractivity contribution in [2.45, 2.75) is 13.8 Å². The van der Waals surface area contributed by atoms with Crippen LogP contribution in [0.2, 0.25) is 0 Å². The number of nitrogens with zero attached hydrogens (tertiary/aromatic N) is 4. The SMILES string of the molecule is Cc1cc2c(nc1C)nc1c(=O)[nH]c(=O)nc-1n2C. The number of hydrogen-bond donors (Lipinski definition) is 1. The lowest BCUT2D eigenvalue weighted by atomic mass is 10.2. The van der Waals surface area contributed by atoms with Crippen molar-refractivity contribution in [1.82, 2.24) is 24.5 Å². The molecule has 7 heteroatoms. The maximum absolute atomic E-state index is 11.7. The zero-order valence-corrected chi connectivity index (χ0v) is 10.7. The van der Waals surface area contributed by atoms with Gasteiger partial charge in [0.15, 0.2) is 17.2 Å². The highest BCUT2D eigenvalue weighted by Crippen LogP contribution is 2.19.